The van der Waals surface area contributed by atoms with E-state index in [2.05, 4.69) is 17.9 Å². The lowest BCUT2D eigenvalue weighted by atomic mass is 10.1. The first-order chi connectivity index (χ1) is 11.7. The molecule has 0 atom stereocenters. The zero-order valence-corrected chi connectivity index (χ0v) is 14.2. The third kappa shape index (κ3) is 2.93. The Balaban J connectivity index is 1.96. The van der Waals surface area contributed by atoms with Crippen LogP contribution in [0, 0.1) is 18.3 Å². The Kier molecular flexibility index (Phi) is 4.68. The molecule has 0 bridgehead atoms. The number of carbonyl (C=O) groups is 1. The van der Waals surface area contributed by atoms with Gasteiger partial charge in [0, 0.05) is 38.1 Å². The average Bonchev–Trinajstić information content (AvgIpc) is 3.05. The lowest BCUT2D eigenvalue weighted by Gasteiger charge is -2.34. The summed E-state index contributed by atoms with van der Waals surface area (Å²) in [5.74, 6) is -0.0597. The van der Waals surface area contributed by atoms with Crippen molar-refractivity contribution in [2.45, 2.75) is 13.8 Å². The molecule has 0 N–H and O–H groups in total. The van der Waals surface area contributed by atoms with Gasteiger partial charge in [-0.05, 0) is 31.2 Å². The molecule has 1 aromatic heterocycles. The summed E-state index contributed by atoms with van der Waals surface area (Å²) in [7, 11) is 0. The van der Waals surface area contributed by atoms with Gasteiger partial charge in [-0.25, -0.2) is 0 Å². The van der Waals surface area contributed by atoms with E-state index in [1.807, 2.05) is 46.9 Å². The fourth-order valence-electron chi connectivity index (χ4n) is 3.19. The minimum Gasteiger partial charge on any atom is -0.335 e. The second kappa shape index (κ2) is 6.90. The number of aryl methyl sites for hydroxylation is 1. The van der Waals surface area contributed by atoms with E-state index in [9.17, 15) is 10.1 Å². The number of likely N-dealkylation sites (N-methyl/N-ethyl adjacent to an activating group) is 1. The van der Waals surface area contributed by atoms with Crippen molar-refractivity contribution in [1.29, 1.82) is 5.26 Å². The molecule has 1 saturated heterocycles. The molecule has 1 aliphatic rings. The van der Waals surface area contributed by atoms with Gasteiger partial charge in [-0.2, -0.15) is 5.26 Å². The lowest BCUT2D eigenvalue weighted by Crippen LogP contribution is -2.48. The molecule has 1 amide bonds. The summed E-state index contributed by atoms with van der Waals surface area (Å²) in [6, 6.07) is 11.8. The standard InChI is InChI=1S/C19H22N4O/c1-3-21-10-12-22(13-11-21)19(24)18-16(14-20)8-9-23(18)17-7-5-4-6-15(17)2/h4-9H,3,10-13H2,1-2H3. The number of rotatable bonds is 3. The molecule has 0 spiro atoms. The Morgan fingerprint density at radius 1 is 1.17 bits per heavy atom. The van der Waals surface area contributed by atoms with Crippen molar-refractivity contribution >= 4 is 5.91 Å². The highest BCUT2D eigenvalue weighted by Gasteiger charge is 2.26. The maximum atomic E-state index is 13.1. The van der Waals surface area contributed by atoms with E-state index in [0.717, 1.165) is 30.9 Å². The molecular formula is C19H22N4O. The number of hydrogen-bond donors (Lipinski definition) is 0. The molecule has 1 aromatic carbocycles. The van der Waals surface area contributed by atoms with Crippen molar-refractivity contribution in [3.8, 4) is 11.8 Å². The fraction of sp³-hybridized carbons (Fsp3) is 0.368. The molecule has 1 aliphatic heterocycles. The summed E-state index contributed by atoms with van der Waals surface area (Å²) in [6.45, 7) is 8.33. The summed E-state index contributed by atoms with van der Waals surface area (Å²) in [5.41, 5.74) is 2.91. The molecule has 0 unspecified atom stereocenters. The molecule has 124 valence electrons. The van der Waals surface area contributed by atoms with Crippen molar-refractivity contribution in [1.82, 2.24) is 14.4 Å². The zero-order chi connectivity index (χ0) is 17.1. The van der Waals surface area contributed by atoms with Gasteiger partial charge >= 0.3 is 0 Å². The van der Waals surface area contributed by atoms with E-state index in [1.165, 1.54) is 0 Å². The normalized spacial score (nSPS) is 15.3. The van der Waals surface area contributed by atoms with Gasteiger partial charge in [0.1, 0.15) is 11.8 Å². The third-order valence-electron chi connectivity index (χ3n) is 4.69. The van der Waals surface area contributed by atoms with Crippen LogP contribution < -0.4 is 0 Å². The fourth-order valence-corrected chi connectivity index (χ4v) is 3.19. The minimum atomic E-state index is -0.0597. The predicted octanol–water partition coefficient (Wildman–Crippen LogP) is 2.44. The topological polar surface area (TPSA) is 52.3 Å². The highest BCUT2D eigenvalue weighted by atomic mass is 16.2. The maximum absolute atomic E-state index is 13.1. The van der Waals surface area contributed by atoms with Gasteiger partial charge in [-0.1, -0.05) is 25.1 Å². The molecule has 2 heterocycles. The van der Waals surface area contributed by atoms with Crippen molar-refractivity contribution in [2.75, 3.05) is 32.7 Å². The number of carbonyl (C=O) groups excluding carboxylic acids is 1. The van der Waals surface area contributed by atoms with Crippen LogP contribution in [0.15, 0.2) is 36.5 Å². The third-order valence-corrected chi connectivity index (χ3v) is 4.69. The van der Waals surface area contributed by atoms with Crippen molar-refractivity contribution in [3.63, 3.8) is 0 Å². The summed E-state index contributed by atoms with van der Waals surface area (Å²) in [6.07, 6.45) is 1.82. The molecule has 5 heteroatoms. The molecule has 1 fully saturated rings. The number of para-hydroxylation sites is 1. The second-order valence-electron chi connectivity index (χ2n) is 6.07. The van der Waals surface area contributed by atoms with Crippen molar-refractivity contribution in [3.05, 3.63) is 53.3 Å². The van der Waals surface area contributed by atoms with Crippen LogP contribution in [-0.4, -0.2) is 53.0 Å². The zero-order valence-electron chi connectivity index (χ0n) is 14.2. The van der Waals surface area contributed by atoms with E-state index in [4.69, 9.17) is 0 Å². The van der Waals surface area contributed by atoms with Gasteiger partial charge in [0.25, 0.3) is 5.91 Å². The highest BCUT2D eigenvalue weighted by Crippen LogP contribution is 2.22. The average molecular weight is 322 g/mol. The van der Waals surface area contributed by atoms with Crippen LogP contribution in [-0.2, 0) is 0 Å². The van der Waals surface area contributed by atoms with Crippen LogP contribution in [0.1, 0.15) is 28.5 Å². The molecule has 5 nitrogen and oxygen atoms in total. The Morgan fingerprint density at radius 2 is 1.88 bits per heavy atom. The Bertz CT molecular complexity index is 779. The second-order valence-corrected chi connectivity index (χ2v) is 6.07. The van der Waals surface area contributed by atoms with Gasteiger partial charge in [-0.3, -0.25) is 4.79 Å². The molecule has 0 saturated carbocycles. The number of hydrogen-bond acceptors (Lipinski definition) is 3. The minimum absolute atomic E-state index is 0.0597. The first kappa shape index (κ1) is 16.3. The Labute approximate surface area is 142 Å². The van der Waals surface area contributed by atoms with Crippen molar-refractivity contribution in [2.24, 2.45) is 0 Å². The number of nitriles is 1. The number of amides is 1. The highest BCUT2D eigenvalue weighted by molar-refractivity contribution is 5.96. The van der Waals surface area contributed by atoms with Crippen LogP contribution >= 0.6 is 0 Å². The quantitative estimate of drug-likeness (QED) is 0.872. The molecule has 24 heavy (non-hydrogen) atoms. The SMILES string of the molecule is CCN1CCN(C(=O)c2c(C#N)ccn2-c2ccccc2C)CC1. The number of benzene rings is 1. The maximum Gasteiger partial charge on any atom is 0.272 e. The van der Waals surface area contributed by atoms with Gasteiger partial charge in [0.15, 0.2) is 0 Å². The largest absolute Gasteiger partial charge is 0.335 e. The van der Waals surface area contributed by atoms with Gasteiger partial charge in [0.05, 0.1) is 5.56 Å². The predicted molar refractivity (Wildman–Crippen MR) is 93.2 cm³/mol. The van der Waals surface area contributed by atoms with E-state index in [-0.39, 0.29) is 5.91 Å². The van der Waals surface area contributed by atoms with Crippen LogP contribution in [0.25, 0.3) is 5.69 Å². The van der Waals surface area contributed by atoms with Crippen LogP contribution in [0.3, 0.4) is 0 Å². The van der Waals surface area contributed by atoms with Gasteiger partial charge in [-0.15, -0.1) is 0 Å². The molecule has 2 aromatic rings. The summed E-state index contributed by atoms with van der Waals surface area (Å²) >= 11 is 0. The van der Waals surface area contributed by atoms with Crippen LogP contribution in [0.4, 0.5) is 0 Å². The number of aromatic nitrogens is 1. The Hall–Kier alpha value is -2.58. The van der Waals surface area contributed by atoms with Crippen molar-refractivity contribution < 1.29 is 4.79 Å². The summed E-state index contributed by atoms with van der Waals surface area (Å²) in [5, 5.41) is 9.43. The van der Waals surface area contributed by atoms with Gasteiger partial charge in [0.2, 0.25) is 0 Å². The smallest absolute Gasteiger partial charge is 0.272 e. The Morgan fingerprint density at radius 3 is 2.50 bits per heavy atom. The van der Waals surface area contributed by atoms with Gasteiger partial charge < -0.3 is 14.4 Å². The summed E-state index contributed by atoms with van der Waals surface area (Å²) < 4.78 is 1.85. The lowest BCUT2D eigenvalue weighted by molar-refractivity contribution is 0.0635. The first-order valence-electron chi connectivity index (χ1n) is 8.34. The summed E-state index contributed by atoms with van der Waals surface area (Å²) in [4.78, 5) is 17.3. The molecular weight excluding hydrogens is 300 g/mol. The van der Waals surface area contributed by atoms with Crippen LogP contribution in [0.5, 0.6) is 0 Å². The monoisotopic (exact) mass is 322 g/mol. The van der Waals surface area contributed by atoms with E-state index >= 15 is 0 Å². The van der Waals surface area contributed by atoms with E-state index in [1.54, 1.807) is 6.07 Å². The van der Waals surface area contributed by atoms with E-state index < -0.39 is 0 Å². The van der Waals surface area contributed by atoms with Crippen LogP contribution in [0.2, 0.25) is 0 Å². The number of piperazine rings is 1. The number of nitrogens with zero attached hydrogens (tertiary/aromatic N) is 4. The molecule has 0 aliphatic carbocycles. The molecule has 0 radical (unpaired) electrons. The van der Waals surface area contributed by atoms with E-state index in [0.29, 0.717) is 24.3 Å². The first-order valence-corrected chi connectivity index (χ1v) is 8.34. The molecule has 3 rings (SSSR count).